The Kier molecular flexibility index (Phi) is 7.23. The summed E-state index contributed by atoms with van der Waals surface area (Å²) in [5.41, 5.74) is 14.6. The number of allylic oxidation sites excluding steroid dienone is 2. The number of rotatable bonds is 7. The van der Waals surface area contributed by atoms with E-state index in [2.05, 4.69) is 6.08 Å². The first kappa shape index (κ1) is 24.6. The normalized spacial score (nSPS) is 16.9. The van der Waals surface area contributed by atoms with Crippen LogP contribution < -0.4 is 20.9 Å². The number of amidine groups is 1. The lowest BCUT2D eigenvalue weighted by Crippen LogP contribution is -2.39. The minimum atomic E-state index is -0.0430. The van der Waals surface area contributed by atoms with Crippen molar-refractivity contribution in [3.05, 3.63) is 95.2 Å². The van der Waals surface area contributed by atoms with E-state index in [-0.39, 0.29) is 11.7 Å². The molecule has 1 amide bonds. The van der Waals surface area contributed by atoms with Gasteiger partial charge in [-0.3, -0.25) is 10.2 Å². The number of hydrogen-bond acceptors (Lipinski definition) is 5. The molecule has 7 nitrogen and oxygen atoms in total. The Balaban J connectivity index is 1.46. The third-order valence-corrected chi connectivity index (χ3v) is 6.94. The zero-order valence-corrected chi connectivity index (χ0v) is 20.8. The maximum absolute atomic E-state index is 13.8. The number of fused-ring (bicyclic) bond motifs is 1. The third-order valence-electron chi connectivity index (χ3n) is 6.94. The van der Waals surface area contributed by atoms with Crippen molar-refractivity contribution in [2.24, 2.45) is 17.4 Å². The summed E-state index contributed by atoms with van der Waals surface area (Å²) < 4.78 is 12.3. The maximum Gasteiger partial charge on any atom is 0.258 e. The molecule has 37 heavy (non-hydrogen) atoms. The molecule has 1 heterocycles. The Labute approximate surface area is 217 Å². The van der Waals surface area contributed by atoms with Crippen LogP contribution in [0.4, 0.5) is 0 Å². The van der Waals surface area contributed by atoms with Crippen molar-refractivity contribution in [2.75, 3.05) is 6.54 Å². The van der Waals surface area contributed by atoms with Crippen molar-refractivity contribution < 1.29 is 14.3 Å². The number of carbonyl (C=O) groups is 1. The topological polar surface area (TPSA) is 115 Å². The van der Waals surface area contributed by atoms with Gasteiger partial charge in [0, 0.05) is 36.0 Å². The van der Waals surface area contributed by atoms with E-state index in [0.717, 1.165) is 43.5 Å². The molecule has 3 aromatic carbocycles. The summed E-state index contributed by atoms with van der Waals surface area (Å²) in [7, 11) is 0. The number of amides is 1. The summed E-state index contributed by atoms with van der Waals surface area (Å²) in [5, 5.41) is 7.59. The second-order valence-electron chi connectivity index (χ2n) is 9.54. The van der Waals surface area contributed by atoms with E-state index in [9.17, 15) is 4.79 Å². The SMILES string of the molecule is N=C(N)c1ccc(Oc2cc(Oc3ccc(CN)cc3)cc(C(=O)N3CCCC4CCCC=C43)c2)cc1. The number of hydrogen-bond donors (Lipinski definition) is 3. The van der Waals surface area contributed by atoms with Gasteiger partial charge in [-0.25, -0.2) is 0 Å². The van der Waals surface area contributed by atoms with Crippen molar-refractivity contribution in [3.8, 4) is 23.0 Å². The van der Waals surface area contributed by atoms with Gasteiger partial charge < -0.3 is 25.8 Å². The first-order valence-electron chi connectivity index (χ1n) is 12.8. The van der Waals surface area contributed by atoms with Crippen LogP contribution in [-0.2, 0) is 6.54 Å². The molecule has 5 N–H and O–H groups in total. The summed E-state index contributed by atoms with van der Waals surface area (Å²) in [6, 6.07) is 19.8. The quantitative estimate of drug-likeness (QED) is 0.277. The molecular formula is C30H32N4O3. The van der Waals surface area contributed by atoms with Gasteiger partial charge in [-0.2, -0.15) is 0 Å². The number of carbonyl (C=O) groups excluding carboxylic acids is 1. The summed E-state index contributed by atoms with van der Waals surface area (Å²) >= 11 is 0. The van der Waals surface area contributed by atoms with Gasteiger partial charge in [0.2, 0.25) is 0 Å². The number of likely N-dealkylation sites (tertiary alicyclic amines) is 1. The Morgan fingerprint density at radius 3 is 2.11 bits per heavy atom. The first-order chi connectivity index (χ1) is 18.0. The molecule has 0 aromatic heterocycles. The number of nitrogens with two attached hydrogens (primary N) is 2. The van der Waals surface area contributed by atoms with Crippen LogP contribution in [0.5, 0.6) is 23.0 Å². The van der Waals surface area contributed by atoms with Gasteiger partial charge in [0.25, 0.3) is 5.91 Å². The minimum absolute atomic E-state index is 0.00709. The van der Waals surface area contributed by atoms with Gasteiger partial charge in [0.05, 0.1) is 0 Å². The smallest absolute Gasteiger partial charge is 0.258 e. The fourth-order valence-electron chi connectivity index (χ4n) is 5.03. The van der Waals surface area contributed by atoms with Crippen LogP contribution in [0.2, 0.25) is 0 Å². The van der Waals surface area contributed by atoms with Gasteiger partial charge >= 0.3 is 0 Å². The van der Waals surface area contributed by atoms with E-state index in [0.29, 0.717) is 46.6 Å². The van der Waals surface area contributed by atoms with E-state index in [1.807, 2.05) is 29.2 Å². The number of benzene rings is 3. The van der Waals surface area contributed by atoms with Crippen LogP contribution in [0, 0.1) is 11.3 Å². The van der Waals surface area contributed by atoms with E-state index >= 15 is 0 Å². The minimum Gasteiger partial charge on any atom is -0.457 e. The number of nitrogens with one attached hydrogen (secondary N) is 1. The van der Waals surface area contributed by atoms with E-state index < -0.39 is 0 Å². The average Bonchev–Trinajstić information content (AvgIpc) is 2.93. The highest BCUT2D eigenvalue weighted by atomic mass is 16.5. The maximum atomic E-state index is 13.8. The lowest BCUT2D eigenvalue weighted by molar-refractivity contribution is 0.0748. The summed E-state index contributed by atoms with van der Waals surface area (Å²) in [6.07, 6.45) is 7.72. The van der Waals surface area contributed by atoms with Crippen LogP contribution in [0.1, 0.15) is 53.6 Å². The number of piperidine rings is 1. The van der Waals surface area contributed by atoms with Crippen LogP contribution in [-0.4, -0.2) is 23.2 Å². The molecule has 0 spiro atoms. The summed E-state index contributed by atoms with van der Waals surface area (Å²) in [6.45, 7) is 1.17. The van der Waals surface area contributed by atoms with Crippen LogP contribution in [0.25, 0.3) is 0 Å². The lowest BCUT2D eigenvalue weighted by atomic mass is 9.84. The lowest BCUT2D eigenvalue weighted by Gasteiger charge is -2.38. The van der Waals surface area contributed by atoms with E-state index in [4.69, 9.17) is 26.4 Å². The van der Waals surface area contributed by atoms with E-state index in [1.54, 1.807) is 42.5 Å². The summed E-state index contributed by atoms with van der Waals surface area (Å²) in [5.74, 6) is 2.62. The predicted octanol–water partition coefficient (Wildman–Crippen LogP) is 5.93. The third kappa shape index (κ3) is 5.67. The Hall–Kier alpha value is -4.10. The van der Waals surface area contributed by atoms with Crippen LogP contribution in [0.15, 0.2) is 78.5 Å². The number of nitrogen functional groups attached to an aromatic ring is 1. The molecule has 190 valence electrons. The Morgan fingerprint density at radius 2 is 1.49 bits per heavy atom. The largest absolute Gasteiger partial charge is 0.457 e. The van der Waals surface area contributed by atoms with Gasteiger partial charge in [0.15, 0.2) is 0 Å². The molecule has 1 saturated heterocycles. The fraction of sp³-hybridized carbons (Fsp3) is 0.267. The highest BCUT2D eigenvalue weighted by Crippen LogP contribution is 2.37. The molecule has 1 aliphatic heterocycles. The molecule has 1 unspecified atom stereocenters. The monoisotopic (exact) mass is 496 g/mol. The Morgan fingerprint density at radius 1 is 0.865 bits per heavy atom. The molecule has 1 fully saturated rings. The zero-order chi connectivity index (χ0) is 25.8. The van der Waals surface area contributed by atoms with Crippen LogP contribution in [0.3, 0.4) is 0 Å². The first-order valence-corrected chi connectivity index (χ1v) is 12.8. The van der Waals surface area contributed by atoms with E-state index in [1.165, 1.54) is 6.42 Å². The van der Waals surface area contributed by atoms with Gasteiger partial charge in [0.1, 0.15) is 28.8 Å². The van der Waals surface area contributed by atoms with Gasteiger partial charge in [-0.1, -0.05) is 18.2 Å². The molecule has 0 bridgehead atoms. The van der Waals surface area contributed by atoms with Crippen molar-refractivity contribution in [2.45, 2.75) is 38.6 Å². The second kappa shape index (κ2) is 10.9. The highest BCUT2D eigenvalue weighted by Gasteiger charge is 2.31. The number of nitrogens with zero attached hydrogens (tertiary/aromatic N) is 1. The van der Waals surface area contributed by atoms with Crippen molar-refractivity contribution in [1.82, 2.24) is 4.90 Å². The van der Waals surface area contributed by atoms with Crippen LogP contribution >= 0.6 is 0 Å². The molecule has 0 radical (unpaired) electrons. The fourth-order valence-corrected chi connectivity index (χ4v) is 5.03. The second-order valence-corrected chi connectivity index (χ2v) is 9.54. The molecule has 7 heteroatoms. The predicted molar refractivity (Wildman–Crippen MR) is 144 cm³/mol. The highest BCUT2D eigenvalue weighted by molar-refractivity contribution is 5.96. The van der Waals surface area contributed by atoms with Crippen molar-refractivity contribution in [1.29, 1.82) is 5.41 Å². The number of ether oxygens (including phenoxy) is 2. The van der Waals surface area contributed by atoms with Crippen molar-refractivity contribution in [3.63, 3.8) is 0 Å². The molecule has 1 atom stereocenters. The molecule has 1 aliphatic carbocycles. The molecular weight excluding hydrogens is 464 g/mol. The molecule has 5 rings (SSSR count). The standard InChI is InChI=1S/C30H32N4O3/c31-19-20-7-11-24(12-8-20)36-26-16-23(30(35)34-15-3-5-21-4-1-2-6-28(21)34)17-27(18-26)37-25-13-9-22(10-14-25)29(32)33/h6-14,16-18,21H,1-5,15,19,31H2,(H3,32,33). The molecule has 0 saturated carbocycles. The van der Waals surface area contributed by atoms with Gasteiger partial charge in [-0.05, 0) is 92.1 Å². The molecule has 3 aromatic rings. The van der Waals surface area contributed by atoms with Gasteiger partial charge in [-0.15, -0.1) is 0 Å². The average molecular weight is 497 g/mol. The van der Waals surface area contributed by atoms with Crippen molar-refractivity contribution >= 4 is 11.7 Å². The zero-order valence-electron chi connectivity index (χ0n) is 20.8. The Bertz CT molecular complexity index is 1320. The summed E-state index contributed by atoms with van der Waals surface area (Å²) in [4.78, 5) is 15.7. The molecule has 2 aliphatic rings.